The number of amides is 1. The number of rotatable bonds is 8. The molecule has 0 bridgehead atoms. The highest BCUT2D eigenvalue weighted by Gasteiger charge is 2.13. The number of fused-ring (bicyclic) bond motifs is 1. The van der Waals surface area contributed by atoms with Gasteiger partial charge in [0, 0.05) is 13.1 Å². The van der Waals surface area contributed by atoms with Gasteiger partial charge in [0.2, 0.25) is 5.91 Å². The minimum Gasteiger partial charge on any atom is -0.355 e. The zero-order valence-corrected chi connectivity index (χ0v) is 15.1. The van der Waals surface area contributed by atoms with Crippen LogP contribution in [0.15, 0.2) is 59.4 Å². The van der Waals surface area contributed by atoms with E-state index in [1.807, 2.05) is 49.4 Å². The summed E-state index contributed by atoms with van der Waals surface area (Å²) in [6, 6.07) is 17.9. The quantitative estimate of drug-likeness (QED) is 0.635. The third-order valence-corrected chi connectivity index (χ3v) is 4.60. The topological polar surface area (TPSA) is 56.0 Å². The number of carbonyl (C=O) groups is 1. The van der Waals surface area contributed by atoms with Crippen LogP contribution in [-0.4, -0.2) is 21.6 Å². The molecule has 136 valence electrons. The largest absolute Gasteiger partial charge is 0.355 e. The zero-order valence-electron chi connectivity index (χ0n) is 15.1. The molecule has 0 atom stereocenters. The lowest BCUT2D eigenvalue weighted by Gasteiger charge is -2.06. The molecule has 26 heavy (non-hydrogen) atoms. The molecule has 0 radical (unpaired) electrons. The Morgan fingerprint density at radius 1 is 0.923 bits per heavy atom. The molecule has 0 unspecified atom stereocenters. The molecule has 0 saturated carbocycles. The fourth-order valence-electron chi connectivity index (χ4n) is 3.26. The monoisotopic (exact) mass is 351 g/mol. The van der Waals surface area contributed by atoms with E-state index in [1.54, 1.807) is 9.13 Å². The van der Waals surface area contributed by atoms with Gasteiger partial charge < -0.3 is 5.32 Å². The van der Waals surface area contributed by atoms with Crippen LogP contribution in [0.1, 0.15) is 25.3 Å². The first-order valence-electron chi connectivity index (χ1n) is 9.19. The summed E-state index contributed by atoms with van der Waals surface area (Å²) >= 11 is 0. The van der Waals surface area contributed by atoms with Gasteiger partial charge in [0.15, 0.2) is 0 Å². The number of aromatic nitrogens is 2. The number of nitrogens with one attached hydrogen (secondary N) is 1. The number of unbranched alkanes of at least 4 members (excludes halogenated alkanes) is 1. The summed E-state index contributed by atoms with van der Waals surface area (Å²) in [6.07, 6.45) is 2.96. The lowest BCUT2D eigenvalue weighted by Crippen LogP contribution is -2.33. The number of para-hydroxylation sites is 2. The number of imidazole rings is 1. The summed E-state index contributed by atoms with van der Waals surface area (Å²) < 4.78 is 3.25. The van der Waals surface area contributed by atoms with Crippen LogP contribution in [0.2, 0.25) is 0 Å². The maximum atomic E-state index is 12.5. The molecule has 5 nitrogen and oxygen atoms in total. The van der Waals surface area contributed by atoms with Gasteiger partial charge in [0.1, 0.15) is 6.54 Å². The summed E-state index contributed by atoms with van der Waals surface area (Å²) in [6.45, 7) is 3.22. The molecule has 1 N–H and O–H groups in total. The van der Waals surface area contributed by atoms with Crippen molar-refractivity contribution in [2.24, 2.45) is 0 Å². The Labute approximate surface area is 153 Å². The molecule has 0 spiro atoms. The number of benzene rings is 2. The fraction of sp³-hybridized carbons (Fsp3) is 0.333. The van der Waals surface area contributed by atoms with Gasteiger partial charge in [-0.3, -0.25) is 13.9 Å². The second kappa shape index (κ2) is 8.52. The Morgan fingerprint density at radius 3 is 2.27 bits per heavy atom. The van der Waals surface area contributed by atoms with Crippen molar-refractivity contribution < 1.29 is 4.79 Å². The van der Waals surface area contributed by atoms with E-state index in [9.17, 15) is 9.59 Å². The maximum Gasteiger partial charge on any atom is 0.329 e. The minimum atomic E-state index is -0.132. The van der Waals surface area contributed by atoms with E-state index in [1.165, 1.54) is 5.56 Å². The molecule has 1 amide bonds. The van der Waals surface area contributed by atoms with Crippen LogP contribution >= 0.6 is 0 Å². The molecule has 5 heteroatoms. The van der Waals surface area contributed by atoms with Crippen LogP contribution in [0.5, 0.6) is 0 Å². The van der Waals surface area contributed by atoms with Gasteiger partial charge in [-0.15, -0.1) is 0 Å². The highest BCUT2D eigenvalue weighted by Crippen LogP contribution is 2.12. The molecule has 0 saturated heterocycles. The smallest absolute Gasteiger partial charge is 0.329 e. The lowest BCUT2D eigenvalue weighted by atomic mass is 10.1. The average Bonchev–Trinajstić information content (AvgIpc) is 2.93. The van der Waals surface area contributed by atoms with Gasteiger partial charge in [-0.2, -0.15) is 0 Å². The van der Waals surface area contributed by atoms with E-state index >= 15 is 0 Å². The van der Waals surface area contributed by atoms with Crippen molar-refractivity contribution in [2.75, 3.05) is 6.54 Å². The Hall–Kier alpha value is -2.82. The van der Waals surface area contributed by atoms with Gasteiger partial charge in [-0.05, 0) is 43.9 Å². The summed E-state index contributed by atoms with van der Waals surface area (Å²) in [5.41, 5.74) is 2.86. The first-order chi connectivity index (χ1) is 12.7. The molecular formula is C21H25N3O2. The standard InChI is InChI=1S/C21H25N3O2/c1-2-23-18-13-6-7-14-19(18)24(21(23)26)16-20(25)22-15-9-8-12-17-10-4-3-5-11-17/h3-7,10-11,13-14H,2,8-9,12,15-16H2,1H3,(H,22,25). The van der Waals surface area contributed by atoms with Crippen molar-refractivity contribution in [2.45, 2.75) is 39.3 Å². The molecule has 0 aliphatic rings. The molecule has 1 heterocycles. The van der Waals surface area contributed by atoms with E-state index in [0.29, 0.717) is 13.1 Å². The molecule has 3 rings (SSSR count). The van der Waals surface area contributed by atoms with E-state index in [4.69, 9.17) is 0 Å². The van der Waals surface area contributed by atoms with Gasteiger partial charge in [0.25, 0.3) is 0 Å². The third kappa shape index (κ3) is 4.04. The Bertz CT molecular complexity index is 925. The van der Waals surface area contributed by atoms with Crippen LogP contribution in [0, 0.1) is 0 Å². The van der Waals surface area contributed by atoms with Crippen LogP contribution in [0.4, 0.5) is 0 Å². The van der Waals surface area contributed by atoms with E-state index in [0.717, 1.165) is 30.3 Å². The minimum absolute atomic E-state index is 0.0605. The van der Waals surface area contributed by atoms with Crippen LogP contribution in [0.3, 0.4) is 0 Å². The molecule has 2 aromatic carbocycles. The van der Waals surface area contributed by atoms with E-state index < -0.39 is 0 Å². The predicted octanol–water partition coefficient (Wildman–Crippen LogP) is 2.96. The number of nitrogens with zero attached hydrogens (tertiary/aromatic N) is 2. The SMILES string of the molecule is CCn1c(=O)n(CC(=O)NCCCCc2ccccc2)c2ccccc21. The van der Waals surface area contributed by atoms with Crippen LogP contribution < -0.4 is 11.0 Å². The normalized spacial score (nSPS) is 11.0. The van der Waals surface area contributed by atoms with Gasteiger partial charge in [0.05, 0.1) is 11.0 Å². The second-order valence-electron chi connectivity index (χ2n) is 6.39. The van der Waals surface area contributed by atoms with Gasteiger partial charge in [-0.1, -0.05) is 42.5 Å². The zero-order chi connectivity index (χ0) is 18.4. The summed E-state index contributed by atoms with van der Waals surface area (Å²) in [4.78, 5) is 24.8. The summed E-state index contributed by atoms with van der Waals surface area (Å²) in [7, 11) is 0. The first-order valence-corrected chi connectivity index (χ1v) is 9.19. The van der Waals surface area contributed by atoms with Crippen LogP contribution in [-0.2, 0) is 24.3 Å². The van der Waals surface area contributed by atoms with Crippen molar-refractivity contribution in [1.82, 2.24) is 14.5 Å². The molecule has 0 aliphatic heterocycles. The number of hydrogen-bond acceptors (Lipinski definition) is 2. The third-order valence-electron chi connectivity index (χ3n) is 4.60. The fourth-order valence-corrected chi connectivity index (χ4v) is 3.26. The second-order valence-corrected chi connectivity index (χ2v) is 6.39. The van der Waals surface area contributed by atoms with E-state index in [-0.39, 0.29) is 18.1 Å². The number of carbonyl (C=O) groups excluding carboxylic acids is 1. The van der Waals surface area contributed by atoms with Crippen LogP contribution in [0.25, 0.3) is 11.0 Å². The van der Waals surface area contributed by atoms with Crippen molar-refractivity contribution >= 4 is 16.9 Å². The van der Waals surface area contributed by atoms with Crippen molar-refractivity contribution in [3.63, 3.8) is 0 Å². The summed E-state index contributed by atoms with van der Waals surface area (Å²) in [5, 5.41) is 2.93. The molecule has 0 aliphatic carbocycles. The van der Waals surface area contributed by atoms with E-state index in [2.05, 4.69) is 17.4 Å². The Balaban J connectivity index is 1.53. The van der Waals surface area contributed by atoms with Crippen molar-refractivity contribution in [1.29, 1.82) is 0 Å². The highest BCUT2D eigenvalue weighted by molar-refractivity contribution is 5.80. The van der Waals surface area contributed by atoms with Gasteiger partial charge >= 0.3 is 5.69 Å². The molecule has 3 aromatic rings. The van der Waals surface area contributed by atoms with Crippen molar-refractivity contribution in [3.05, 3.63) is 70.6 Å². The predicted molar refractivity (Wildman–Crippen MR) is 104 cm³/mol. The lowest BCUT2D eigenvalue weighted by molar-refractivity contribution is -0.121. The molecular weight excluding hydrogens is 326 g/mol. The van der Waals surface area contributed by atoms with Crippen molar-refractivity contribution in [3.8, 4) is 0 Å². The Morgan fingerprint density at radius 2 is 1.58 bits per heavy atom. The molecule has 1 aromatic heterocycles. The summed E-state index contributed by atoms with van der Waals surface area (Å²) in [5.74, 6) is -0.120. The molecule has 0 fully saturated rings. The average molecular weight is 351 g/mol. The number of hydrogen-bond donors (Lipinski definition) is 1. The van der Waals surface area contributed by atoms with Gasteiger partial charge in [-0.25, -0.2) is 4.79 Å². The highest BCUT2D eigenvalue weighted by atomic mass is 16.2. The Kier molecular flexibility index (Phi) is 5.89. The number of aryl methyl sites for hydroxylation is 2. The maximum absolute atomic E-state index is 12.5. The first kappa shape index (κ1) is 18.0.